The van der Waals surface area contributed by atoms with Gasteiger partial charge in [0.2, 0.25) is 5.91 Å². The van der Waals surface area contributed by atoms with Crippen LogP contribution in [-0.4, -0.2) is 19.1 Å². The smallest absolute Gasteiger partial charge is 0.229 e. The third kappa shape index (κ3) is 3.30. The van der Waals surface area contributed by atoms with E-state index in [1.807, 2.05) is 25.1 Å². The van der Waals surface area contributed by atoms with E-state index in [9.17, 15) is 4.79 Å². The Labute approximate surface area is 110 Å². The average Bonchev–Trinajstić information content (AvgIpc) is 2.35. The highest BCUT2D eigenvalue weighted by molar-refractivity contribution is 9.10. The van der Waals surface area contributed by atoms with Crippen LogP contribution in [0.25, 0.3) is 0 Å². The van der Waals surface area contributed by atoms with Crippen LogP contribution < -0.4 is 5.32 Å². The van der Waals surface area contributed by atoms with E-state index in [0.717, 1.165) is 35.2 Å². The van der Waals surface area contributed by atoms with Crippen molar-refractivity contribution in [3.8, 4) is 0 Å². The molecule has 4 heteroatoms. The van der Waals surface area contributed by atoms with E-state index in [1.165, 1.54) is 0 Å². The third-order valence-electron chi connectivity index (χ3n) is 2.96. The molecule has 2 rings (SSSR count). The van der Waals surface area contributed by atoms with Crippen molar-refractivity contribution in [1.82, 2.24) is 0 Å². The van der Waals surface area contributed by atoms with Gasteiger partial charge in [-0.25, -0.2) is 0 Å². The number of benzene rings is 1. The Kier molecular flexibility index (Phi) is 4.18. The summed E-state index contributed by atoms with van der Waals surface area (Å²) in [6.07, 6.45) is 1.89. The maximum absolute atomic E-state index is 12.0. The van der Waals surface area contributed by atoms with Crippen LogP contribution in [0.15, 0.2) is 22.7 Å². The SMILES string of the molecule is Cc1cc(NC(=O)C2CCCOC2)ccc1Br. The molecule has 92 valence electrons. The van der Waals surface area contributed by atoms with Crippen LogP contribution in [0.4, 0.5) is 5.69 Å². The van der Waals surface area contributed by atoms with Gasteiger partial charge in [0.05, 0.1) is 12.5 Å². The molecule has 1 aliphatic heterocycles. The summed E-state index contributed by atoms with van der Waals surface area (Å²) in [4.78, 5) is 12.0. The largest absolute Gasteiger partial charge is 0.381 e. The summed E-state index contributed by atoms with van der Waals surface area (Å²) in [7, 11) is 0. The molecule has 1 N–H and O–H groups in total. The van der Waals surface area contributed by atoms with E-state index < -0.39 is 0 Å². The number of anilines is 1. The Bertz CT molecular complexity index is 414. The highest BCUT2D eigenvalue weighted by atomic mass is 79.9. The summed E-state index contributed by atoms with van der Waals surface area (Å²) < 4.78 is 6.37. The van der Waals surface area contributed by atoms with Crippen LogP contribution in [0.2, 0.25) is 0 Å². The number of ether oxygens (including phenoxy) is 1. The first-order valence-electron chi connectivity index (χ1n) is 5.81. The van der Waals surface area contributed by atoms with Crippen LogP contribution in [0.3, 0.4) is 0 Å². The van der Waals surface area contributed by atoms with E-state index in [-0.39, 0.29) is 11.8 Å². The topological polar surface area (TPSA) is 38.3 Å². The fourth-order valence-corrected chi connectivity index (χ4v) is 2.16. The summed E-state index contributed by atoms with van der Waals surface area (Å²) in [6, 6.07) is 5.81. The second-order valence-corrected chi connectivity index (χ2v) is 5.22. The molecule has 1 atom stereocenters. The van der Waals surface area contributed by atoms with Crippen LogP contribution in [0.5, 0.6) is 0 Å². The number of carbonyl (C=O) groups is 1. The van der Waals surface area contributed by atoms with Crippen molar-refractivity contribution in [2.24, 2.45) is 5.92 Å². The van der Waals surface area contributed by atoms with Gasteiger partial charge in [0.15, 0.2) is 0 Å². The molecule has 0 aliphatic carbocycles. The molecular weight excluding hydrogens is 282 g/mol. The molecule has 1 unspecified atom stereocenters. The fraction of sp³-hybridized carbons (Fsp3) is 0.462. The number of nitrogens with one attached hydrogen (secondary N) is 1. The summed E-state index contributed by atoms with van der Waals surface area (Å²) in [5.74, 6) is 0.0547. The van der Waals surface area contributed by atoms with Gasteiger partial charge in [0, 0.05) is 16.8 Å². The van der Waals surface area contributed by atoms with Gasteiger partial charge in [-0.3, -0.25) is 4.79 Å². The average molecular weight is 298 g/mol. The number of carbonyl (C=O) groups excluding carboxylic acids is 1. The zero-order valence-electron chi connectivity index (χ0n) is 9.83. The van der Waals surface area contributed by atoms with E-state index in [4.69, 9.17) is 4.74 Å². The molecule has 1 saturated heterocycles. The van der Waals surface area contributed by atoms with E-state index in [2.05, 4.69) is 21.2 Å². The number of hydrogen-bond acceptors (Lipinski definition) is 2. The summed E-state index contributed by atoms with van der Waals surface area (Å²) in [5.41, 5.74) is 1.96. The minimum atomic E-state index is -0.00676. The first-order chi connectivity index (χ1) is 8.16. The first kappa shape index (κ1) is 12.6. The number of hydrogen-bond donors (Lipinski definition) is 1. The first-order valence-corrected chi connectivity index (χ1v) is 6.61. The van der Waals surface area contributed by atoms with Crippen LogP contribution in [0, 0.1) is 12.8 Å². The van der Waals surface area contributed by atoms with E-state index in [0.29, 0.717) is 6.61 Å². The molecule has 1 aromatic rings. The lowest BCUT2D eigenvalue weighted by Gasteiger charge is -2.21. The van der Waals surface area contributed by atoms with Gasteiger partial charge in [-0.05, 0) is 43.5 Å². The maximum Gasteiger partial charge on any atom is 0.229 e. The lowest BCUT2D eigenvalue weighted by Crippen LogP contribution is -2.30. The number of rotatable bonds is 2. The van der Waals surface area contributed by atoms with Gasteiger partial charge < -0.3 is 10.1 Å². The minimum Gasteiger partial charge on any atom is -0.381 e. The second kappa shape index (κ2) is 5.65. The molecule has 0 spiro atoms. The van der Waals surface area contributed by atoms with Gasteiger partial charge in [-0.1, -0.05) is 15.9 Å². The molecule has 17 heavy (non-hydrogen) atoms. The van der Waals surface area contributed by atoms with Gasteiger partial charge in [0.25, 0.3) is 0 Å². The maximum atomic E-state index is 12.0. The molecule has 1 amide bonds. The summed E-state index contributed by atoms with van der Waals surface area (Å²) in [5, 5.41) is 2.94. The van der Waals surface area contributed by atoms with Crippen molar-refractivity contribution in [3.63, 3.8) is 0 Å². The fourth-order valence-electron chi connectivity index (χ4n) is 1.91. The van der Waals surface area contributed by atoms with Gasteiger partial charge in [-0.2, -0.15) is 0 Å². The van der Waals surface area contributed by atoms with Crippen molar-refractivity contribution in [2.45, 2.75) is 19.8 Å². The Morgan fingerprint density at radius 1 is 1.53 bits per heavy atom. The van der Waals surface area contributed by atoms with Crippen LogP contribution >= 0.6 is 15.9 Å². The van der Waals surface area contributed by atoms with Crippen molar-refractivity contribution in [1.29, 1.82) is 0 Å². The Hall–Kier alpha value is -0.870. The highest BCUT2D eigenvalue weighted by Crippen LogP contribution is 2.21. The minimum absolute atomic E-state index is 0.00676. The lowest BCUT2D eigenvalue weighted by molar-refractivity contribution is -0.123. The van der Waals surface area contributed by atoms with Crippen molar-refractivity contribution in [2.75, 3.05) is 18.5 Å². The Morgan fingerprint density at radius 2 is 2.35 bits per heavy atom. The molecule has 1 aliphatic rings. The Morgan fingerprint density at radius 3 is 3.00 bits per heavy atom. The molecule has 0 saturated carbocycles. The molecule has 0 aromatic heterocycles. The molecule has 0 radical (unpaired) electrons. The number of aryl methyl sites for hydroxylation is 1. The van der Waals surface area contributed by atoms with Crippen LogP contribution in [0.1, 0.15) is 18.4 Å². The number of halogens is 1. The number of amides is 1. The summed E-state index contributed by atoms with van der Waals surface area (Å²) >= 11 is 3.44. The zero-order valence-corrected chi connectivity index (χ0v) is 11.4. The molecule has 1 heterocycles. The lowest BCUT2D eigenvalue weighted by atomic mass is 10.0. The van der Waals surface area contributed by atoms with Crippen molar-refractivity contribution >= 4 is 27.5 Å². The summed E-state index contributed by atoms with van der Waals surface area (Å²) in [6.45, 7) is 3.33. The molecule has 1 aromatic carbocycles. The van der Waals surface area contributed by atoms with Gasteiger partial charge in [0.1, 0.15) is 0 Å². The van der Waals surface area contributed by atoms with Gasteiger partial charge in [-0.15, -0.1) is 0 Å². The standard InChI is InChI=1S/C13H16BrNO2/c1-9-7-11(4-5-12(9)14)15-13(16)10-3-2-6-17-8-10/h4-5,7,10H,2-3,6,8H2,1H3,(H,15,16). The van der Waals surface area contributed by atoms with Gasteiger partial charge >= 0.3 is 0 Å². The predicted octanol–water partition coefficient (Wildman–Crippen LogP) is 3.12. The predicted molar refractivity (Wildman–Crippen MR) is 71.1 cm³/mol. The molecule has 0 bridgehead atoms. The second-order valence-electron chi connectivity index (χ2n) is 4.37. The van der Waals surface area contributed by atoms with Crippen LogP contribution in [-0.2, 0) is 9.53 Å². The normalized spacial score (nSPS) is 20.0. The zero-order chi connectivity index (χ0) is 12.3. The quantitative estimate of drug-likeness (QED) is 0.911. The monoisotopic (exact) mass is 297 g/mol. The van der Waals surface area contributed by atoms with Crippen molar-refractivity contribution in [3.05, 3.63) is 28.2 Å². The molecular formula is C13H16BrNO2. The molecule has 3 nitrogen and oxygen atoms in total. The third-order valence-corrected chi connectivity index (χ3v) is 3.85. The van der Waals surface area contributed by atoms with Crippen molar-refractivity contribution < 1.29 is 9.53 Å². The molecule has 1 fully saturated rings. The highest BCUT2D eigenvalue weighted by Gasteiger charge is 2.21. The van der Waals surface area contributed by atoms with E-state index in [1.54, 1.807) is 0 Å². The Balaban J connectivity index is 1.99. The van der Waals surface area contributed by atoms with E-state index >= 15 is 0 Å².